The maximum atomic E-state index is 12.8. The molecule has 23 heavy (non-hydrogen) atoms. The lowest BCUT2D eigenvalue weighted by atomic mass is 9.75. The number of thiocarbonyl (C=S) groups is 1. The van der Waals surface area contributed by atoms with Gasteiger partial charge in [-0.1, -0.05) is 34.6 Å². The van der Waals surface area contributed by atoms with E-state index in [1.54, 1.807) is 7.05 Å². The zero-order chi connectivity index (χ0) is 18.7. The Balaban J connectivity index is 4.91. The van der Waals surface area contributed by atoms with Crippen molar-refractivity contribution < 1.29 is 4.79 Å². The second-order valence-electron chi connectivity index (χ2n) is 9.72. The summed E-state index contributed by atoms with van der Waals surface area (Å²) in [6, 6.07) is 0. The number of carbonyl (C=O) groups excluding carboxylic acids is 1. The highest BCUT2D eigenvalue weighted by molar-refractivity contribution is 7.80. The Kier molecular flexibility index (Phi) is 7.10. The predicted molar refractivity (Wildman–Crippen MR) is 104 cm³/mol. The highest BCUT2D eigenvalue weighted by Gasteiger charge is 2.37. The van der Waals surface area contributed by atoms with Crippen LogP contribution in [0.5, 0.6) is 0 Å². The molecule has 0 aliphatic rings. The first kappa shape index (κ1) is 22.2. The number of amides is 1. The molecule has 0 radical (unpaired) electrons. The molecule has 4 nitrogen and oxygen atoms in total. The van der Waals surface area contributed by atoms with E-state index in [-0.39, 0.29) is 22.4 Å². The molecule has 0 unspecified atom stereocenters. The Bertz CT molecular complexity index is 434. The lowest BCUT2D eigenvalue weighted by Gasteiger charge is -2.39. The molecule has 0 saturated carbocycles. The molecule has 0 saturated heterocycles. The van der Waals surface area contributed by atoms with Crippen LogP contribution in [0.3, 0.4) is 0 Å². The van der Waals surface area contributed by atoms with Crippen LogP contribution < -0.4 is 16.0 Å². The minimum Gasteiger partial charge on any atom is -0.366 e. The van der Waals surface area contributed by atoms with E-state index in [1.165, 1.54) is 0 Å². The average molecular weight is 344 g/mol. The first-order valence-electron chi connectivity index (χ1n) is 8.32. The van der Waals surface area contributed by atoms with E-state index in [2.05, 4.69) is 64.4 Å². The van der Waals surface area contributed by atoms with Gasteiger partial charge in [0.15, 0.2) is 5.11 Å². The Morgan fingerprint density at radius 3 is 1.65 bits per heavy atom. The first-order chi connectivity index (χ1) is 10.00. The zero-order valence-electron chi connectivity index (χ0n) is 16.7. The Hall–Kier alpha value is -0.840. The van der Waals surface area contributed by atoms with Crippen molar-refractivity contribution in [3.63, 3.8) is 0 Å². The summed E-state index contributed by atoms with van der Waals surface area (Å²) < 4.78 is 0. The molecule has 5 heteroatoms. The van der Waals surface area contributed by atoms with Crippen LogP contribution in [0.4, 0.5) is 0 Å². The normalized spacial score (nSPS) is 13.5. The van der Waals surface area contributed by atoms with E-state index in [0.717, 1.165) is 12.8 Å². The monoisotopic (exact) mass is 343 g/mol. The summed E-state index contributed by atoms with van der Waals surface area (Å²) in [6.07, 6.45) is 1.60. The van der Waals surface area contributed by atoms with E-state index >= 15 is 0 Å². The van der Waals surface area contributed by atoms with E-state index in [4.69, 9.17) is 12.2 Å². The molecule has 0 atom stereocenters. The number of nitrogens with one attached hydrogen (secondary N) is 3. The van der Waals surface area contributed by atoms with Gasteiger partial charge in [-0.05, 0) is 58.2 Å². The van der Waals surface area contributed by atoms with Crippen molar-refractivity contribution in [3.05, 3.63) is 0 Å². The van der Waals surface area contributed by atoms with E-state index in [1.807, 2.05) is 13.8 Å². The third-order valence-electron chi connectivity index (χ3n) is 3.60. The third-order valence-corrected chi connectivity index (χ3v) is 3.91. The molecule has 0 aromatic rings. The van der Waals surface area contributed by atoms with Gasteiger partial charge in [0, 0.05) is 23.5 Å². The van der Waals surface area contributed by atoms with Gasteiger partial charge in [-0.25, -0.2) is 0 Å². The number of hydrogen-bond acceptors (Lipinski definition) is 2. The van der Waals surface area contributed by atoms with Gasteiger partial charge in [0.1, 0.15) is 0 Å². The van der Waals surface area contributed by atoms with Crippen LogP contribution in [0.25, 0.3) is 0 Å². The van der Waals surface area contributed by atoms with Gasteiger partial charge in [0.25, 0.3) is 0 Å². The van der Waals surface area contributed by atoms with Gasteiger partial charge in [-0.3, -0.25) is 4.79 Å². The Morgan fingerprint density at radius 1 is 0.826 bits per heavy atom. The minimum atomic E-state index is -0.395. The molecule has 0 bridgehead atoms. The molecular formula is C18H37N3OS. The number of rotatable bonds is 6. The lowest BCUT2D eigenvalue weighted by Crippen LogP contribution is -2.56. The predicted octanol–water partition coefficient (Wildman–Crippen LogP) is 3.61. The number of hydrogen-bond donors (Lipinski definition) is 3. The van der Waals surface area contributed by atoms with Gasteiger partial charge in [-0.2, -0.15) is 0 Å². The summed E-state index contributed by atoms with van der Waals surface area (Å²) in [5.41, 5.74) is -0.824. The van der Waals surface area contributed by atoms with Crippen LogP contribution in [0.15, 0.2) is 0 Å². The van der Waals surface area contributed by atoms with Crippen LogP contribution in [-0.4, -0.2) is 29.1 Å². The highest BCUT2D eigenvalue weighted by Crippen LogP contribution is 2.34. The fourth-order valence-corrected chi connectivity index (χ4v) is 3.72. The Labute approximate surface area is 148 Å². The molecule has 0 aliphatic heterocycles. The van der Waals surface area contributed by atoms with E-state index < -0.39 is 5.41 Å². The maximum absolute atomic E-state index is 12.8. The second-order valence-corrected chi connectivity index (χ2v) is 10.1. The van der Waals surface area contributed by atoms with Gasteiger partial charge in [-0.15, -0.1) is 0 Å². The molecule has 0 heterocycles. The molecule has 0 rings (SSSR count). The summed E-state index contributed by atoms with van der Waals surface area (Å²) in [5, 5.41) is 10.1. The van der Waals surface area contributed by atoms with Crippen molar-refractivity contribution in [3.8, 4) is 0 Å². The fraction of sp³-hybridized carbons (Fsp3) is 0.889. The van der Waals surface area contributed by atoms with Gasteiger partial charge < -0.3 is 16.0 Å². The van der Waals surface area contributed by atoms with Gasteiger partial charge in [0.2, 0.25) is 5.91 Å². The standard InChI is InChI=1S/C18H37N3OS/c1-15(2,3)11-16(4,5)13(22)20-17(6,7)12-18(8,9)21-14(23)19-10/h11-12H2,1-10H3,(H,20,22)(H2,19,21,23). The highest BCUT2D eigenvalue weighted by atomic mass is 32.1. The molecule has 0 aromatic carbocycles. The smallest absolute Gasteiger partial charge is 0.226 e. The van der Waals surface area contributed by atoms with Crippen molar-refractivity contribution in [2.75, 3.05) is 7.05 Å². The molecule has 0 aromatic heterocycles. The van der Waals surface area contributed by atoms with Crippen LogP contribution in [0, 0.1) is 10.8 Å². The van der Waals surface area contributed by atoms with E-state index in [0.29, 0.717) is 5.11 Å². The van der Waals surface area contributed by atoms with Crippen molar-refractivity contribution in [2.24, 2.45) is 10.8 Å². The number of carbonyl (C=O) groups is 1. The first-order valence-corrected chi connectivity index (χ1v) is 8.73. The van der Waals surface area contributed by atoms with Gasteiger partial charge in [0.05, 0.1) is 0 Å². The SMILES string of the molecule is CNC(=S)NC(C)(C)CC(C)(C)NC(=O)C(C)(C)CC(C)(C)C. The average Bonchev–Trinajstić information content (AvgIpc) is 2.21. The molecule has 136 valence electrons. The molecule has 1 amide bonds. The van der Waals surface area contributed by atoms with Crippen molar-refractivity contribution in [1.29, 1.82) is 0 Å². The zero-order valence-corrected chi connectivity index (χ0v) is 17.5. The summed E-state index contributed by atoms with van der Waals surface area (Å²) in [6.45, 7) is 18.8. The van der Waals surface area contributed by atoms with Crippen LogP contribution in [0.2, 0.25) is 0 Å². The second kappa shape index (κ2) is 7.37. The van der Waals surface area contributed by atoms with Crippen molar-refractivity contribution in [2.45, 2.75) is 86.2 Å². The van der Waals surface area contributed by atoms with Crippen molar-refractivity contribution in [1.82, 2.24) is 16.0 Å². The summed E-state index contributed by atoms with van der Waals surface area (Å²) in [5.74, 6) is 0.101. The topological polar surface area (TPSA) is 53.2 Å². The van der Waals surface area contributed by atoms with Crippen molar-refractivity contribution >= 4 is 23.2 Å². The van der Waals surface area contributed by atoms with E-state index in [9.17, 15) is 4.79 Å². The quantitative estimate of drug-likeness (QED) is 0.645. The molecule has 0 spiro atoms. The molecular weight excluding hydrogens is 306 g/mol. The fourth-order valence-electron chi connectivity index (χ4n) is 3.45. The molecule has 3 N–H and O–H groups in total. The van der Waals surface area contributed by atoms with Crippen LogP contribution in [0.1, 0.15) is 75.2 Å². The molecule has 0 fully saturated rings. The lowest BCUT2D eigenvalue weighted by molar-refractivity contribution is -0.132. The maximum Gasteiger partial charge on any atom is 0.226 e. The summed E-state index contributed by atoms with van der Waals surface area (Å²) >= 11 is 5.19. The Morgan fingerprint density at radius 2 is 1.26 bits per heavy atom. The van der Waals surface area contributed by atoms with Crippen LogP contribution in [-0.2, 0) is 4.79 Å². The molecule has 0 aliphatic carbocycles. The summed E-state index contributed by atoms with van der Waals surface area (Å²) in [7, 11) is 1.80. The van der Waals surface area contributed by atoms with Gasteiger partial charge >= 0.3 is 0 Å². The third kappa shape index (κ3) is 9.14. The summed E-state index contributed by atoms with van der Waals surface area (Å²) in [4.78, 5) is 12.8. The minimum absolute atomic E-state index is 0.101. The largest absolute Gasteiger partial charge is 0.366 e. The van der Waals surface area contributed by atoms with Crippen LogP contribution >= 0.6 is 12.2 Å².